The highest BCUT2D eigenvalue weighted by molar-refractivity contribution is 6.30. The van der Waals surface area contributed by atoms with Crippen molar-refractivity contribution >= 4 is 29.1 Å². The molecule has 2 heterocycles. The van der Waals surface area contributed by atoms with Gasteiger partial charge in [0.2, 0.25) is 6.17 Å². The van der Waals surface area contributed by atoms with Gasteiger partial charge in [0.25, 0.3) is 0 Å². The van der Waals surface area contributed by atoms with Crippen LogP contribution in [0.5, 0.6) is 5.75 Å². The summed E-state index contributed by atoms with van der Waals surface area (Å²) < 4.78 is 88.2. The predicted octanol–water partition coefficient (Wildman–Crippen LogP) is 4.14. The van der Waals surface area contributed by atoms with Gasteiger partial charge in [0, 0.05) is 17.1 Å². The minimum atomic E-state index is -5.05. The highest BCUT2D eigenvalue weighted by Gasteiger charge is 2.38. The number of alkyl halides is 6. The average molecular weight is 593 g/mol. The first kappa shape index (κ1) is 28.8. The second-order valence-corrected chi connectivity index (χ2v) is 8.70. The molecular formula is C23H19ClF6N6O4. The number of esters is 1. The molecule has 0 fully saturated rings. The molecule has 1 aliphatic heterocycles. The summed E-state index contributed by atoms with van der Waals surface area (Å²) in [6, 6.07) is 10.8. The fourth-order valence-electron chi connectivity index (χ4n) is 3.77. The summed E-state index contributed by atoms with van der Waals surface area (Å²) in [5, 5.41) is 12.1. The topological polar surface area (TPSA) is 103 Å². The Kier molecular flexibility index (Phi) is 8.00. The number of anilines is 1. The summed E-state index contributed by atoms with van der Waals surface area (Å²) in [5.74, 6) is -1.82. The van der Waals surface area contributed by atoms with Crippen LogP contribution >= 0.6 is 11.6 Å². The molecule has 4 rings (SSSR count). The van der Waals surface area contributed by atoms with Crippen molar-refractivity contribution in [2.75, 3.05) is 12.1 Å². The molecule has 0 amide bonds. The molecule has 0 saturated heterocycles. The molecule has 1 aromatic heterocycles. The third-order valence-corrected chi connectivity index (χ3v) is 5.73. The van der Waals surface area contributed by atoms with E-state index < -0.39 is 55.6 Å². The van der Waals surface area contributed by atoms with Gasteiger partial charge in [0.15, 0.2) is 11.6 Å². The quantitative estimate of drug-likeness (QED) is 0.310. The number of hydrogen-bond donors (Lipinski definition) is 1. The normalized spacial score (nSPS) is 15.6. The van der Waals surface area contributed by atoms with E-state index in [0.717, 1.165) is 27.4 Å². The maximum Gasteiger partial charge on any atom is 0.573 e. The zero-order valence-electron chi connectivity index (χ0n) is 20.3. The number of carbonyl (C=O) groups is 1. The molecule has 10 nitrogen and oxygen atoms in total. The van der Waals surface area contributed by atoms with Crippen molar-refractivity contribution < 1.29 is 40.6 Å². The summed E-state index contributed by atoms with van der Waals surface area (Å²) in [6.45, 7) is -1.22. The van der Waals surface area contributed by atoms with Crippen LogP contribution in [0.1, 0.15) is 6.42 Å². The van der Waals surface area contributed by atoms with E-state index in [2.05, 4.69) is 20.3 Å². The number of halogens is 7. The Hall–Kier alpha value is -4.21. The van der Waals surface area contributed by atoms with Crippen molar-refractivity contribution in [3.63, 3.8) is 0 Å². The number of nitrogens with one attached hydrogen (secondary N) is 1. The minimum Gasteiger partial charge on any atom is -0.466 e. The molecule has 3 aromatic rings. The lowest BCUT2D eigenvalue weighted by molar-refractivity contribution is -0.274. The lowest BCUT2D eigenvalue weighted by Crippen LogP contribution is -2.46. The van der Waals surface area contributed by atoms with Crippen LogP contribution in [-0.2, 0) is 22.6 Å². The van der Waals surface area contributed by atoms with E-state index in [1.165, 1.54) is 42.5 Å². The first-order valence-corrected chi connectivity index (χ1v) is 11.7. The highest BCUT2D eigenvalue weighted by atomic mass is 35.5. The van der Waals surface area contributed by atoms with Crippen LogP contribution in [0.25, 0.3) is 11.4 Å². The molecule has 2 aromatic carbocycles. The van der Waals surface area contributed by atoms with Crippen molar-refractivity contribution in [3.05, 3.63) is 64.0 Å². The third kappa shape index (κ3) is 6.67. The summed E-state index contributed by atoms with van der Waals surface area (Å²) >= 11 is 5.89. The molecule has 17 heteroatoms. The fraction of sp³-hybridized carbons (Fsp3) is 0.304. The lowest BCUT2D eigenvalue weighted by atomic mass is 10.2. The van der Waals surface area contributed by atoms with Gasteiger partial charge >= 0.3 is 24.2 Å². The number of hydrazone groups is 1. The fourth-order valence-corrected chi connectivity index (χ4v) is 3.90. The average Bonchev–Trinajstić information content (AvgIpc) is 3.43. The summed E-state index contributed by atoms with van der Waals surface area (Å²) in [5.41, 5.74) is -0.883. The van der Waals surface area contributed by atoms with Crippen LogP contribution in [-0.4, -0.2) is 52.0 Å². The predicted molar refractivity (Wildman–Crippen MR) is 130 cm³/mol. The number of carbonyl (C=O) groups excluding carboxylic acids is 1. The Morgan fingerprint density at radius 3 is 2.38 bits per heavy atom. The molecule has 1 atom stereocenters. The summed E-state index contributed by atoms with van der Waals surface area (Å²) in [6.07, 6.45) is -12.4. The van der Waals surface area contributed by atoms with Crippen molar-refractivity contribution in [1.29, 1.82) is 0 Å². The molecule has 0 aliphatic carbocycles. The van der Waals surface area contributed by atoms with Crippen molar-refractivity contribution in [2.45, 2.75) is 38.2 Å². The van der Waals surface area contributed by atoms with E-state index in [0.29, 0.717) is 10.6 Å². The zero-order chi connectivity index (χ0) is 29.2. The molecule has 0 bridgehead atoms. The van der Waals surface area contributed by atoms with Gasteiger partial charge in [0.05, 0.1) is 13.5 Å². The van der Waals surface area contributed by atoms with Gasteiger partial charge in [-0.25, -0.2) is 19.3 Å². The maximum atomic E-state index is 13.1. The molecule has 0 saturated carbocycles. The van der Waals surface area contributed by atoms with Gasteiger partial charge in [-0.2, -0.15) is 18.3 Å². The first-order valence-electron chi connectivity index (χ1n) is 11.3. The number of nitrogens with zero attached hydrogens (tertiary/aromatic N) is 5. The van der Waals surface area contributed by atoms with Crippen LogP contribution in [0.4, 0.5) is 32.0 Å². The Morgan fingerprint density at radius 2 is 1.75 bits per heavy atom. The van der Waals surface area contributed by atoms with E-state index in [1.807, 2.05) is 0 Å². The van der Waals surface area contributed by atoms with Gasteiger partial charge in [0.1, 0.15) is 18.1 Å². The zero-order valence-corrected chi connectivity index (χ0v) is 21.1. The molecule has 1 unspecified atom stereocenters. The summed E-state index contributed by atoms with van der Waals surface area (Å²) in [4.78, 5) is 25.5. The van der Waals surface area contributed by atoms with Crippen LogP contribution in [0.2, 0.25) is 5.02 Å². The van der Waals surface area contributed by atoms with E-state index >= 15 is 0 Å². The summed E-state index contributed by atoms with van der Waals surface area (Å²) in [7, 11) is 1.05. The van der Waals surface area contributed by atoms with Crippen LogP contribution < -0.4 is 20.8 Å². The Bertz CT molecular complexity index is 1470. The van der Waals surface area contributed by atoms with Crippen LogP contribution in [0, 0.1) is 0 Å². The molecule has 0 radical (unpaired) electrons. The second kappa shape index (κ2) is 11.1. The molecule has 40 heavy (non-hydrogen) atoms. The van der Waals surface area contributed by atoms with E-state index in [4.69, 9.17) is 16.3 Å². The van der Waals surface area contributed by atoms with E-state index in [9.17, 15) is 35.9 Å². The number of para-hydroxylation sites is 2. The van der Waals surface area contributed by atoms with Crippen LogP contribution in [0.3, 0.4) is 0 Å². The number of ether oxygens (including phenoxy) is 2. The van der Waals surface area contributed by atoms with Gasteiger partial charge in [-0.3, -0.25) is 4.57 Å². The number of rotatable bonds is 8. The Morgan fingerprint density at radius 1 is 1.07 bits per heavy atom. The van der Waals surface area contributed by atoms with Gasteiger partial charge in [-0.05, 0) is 36.4 Å². The monoisotopic (exact) mass is 592 g/mol. The minimum absolute atomic E-state index is 0.0881. The second-order valence-electron chi connectivity index (χ2n) is 8.26. The largest absolute Gasteiger partial charge is 0.573 e. The van der Waals surface area contributed by atoms with Gasteiger partial charge in [-0.1, -0.05) is 23.7 Å². The highest BCUT2D eigenvalue weighted by Crippen LogP contribution is 2.35. The number of benzene rings is 2. The van der Waals surface area contributed by atoms with E-state index in [-0.39, 0.29) is 17.3 Å². The van der Waals surface area contributed by atoms with Gasteiger partial charge in [-0.15, -0.1) is 18.3 Å². The number of amidine groups is 1. The molecule has 1 aliphatic rings. The maximum absolute atomic E-state index is 13.1. The number of aromatic nitrogens is 3. The molecule has 0 spiro atoms. The number of methoxy groups -OCH3 is 1. The smallest absolute Gasteiger partial charge is 0.466 e. The SMILES string of the molecule is COC(=O)C1NC(Cn2nc(-c3ccc(Cl)cc3)n(CCC(F)(F)F)c2=O)=NN1c1ccccc1OC(F)(F)F. The van der Waals surface area contributed by atoms with Gasteiger partial charge < -0.3 is 14.8 Å². The first-order chi connectivity index (χ1) is 18.8. The van der Waals surface area contributed by atoms with Crippen LogP contribution in [0.15, 0.2) is 58.4 Å². The standard InChI is InChI=1S/C23H19ClF6N6O4/c1-39-20(37)19-31-17(32-36(19)15-4-2-3-5-16(15)40-23(28,29)30)12-35-21(38)34(11-10-22(25,26)27)18(33-35)13-6-8-14(24)9-7-13/h2-9,19H,10-12H2,1H3,(H,31,32). The molecule has 1 N–H and O–H groups in total. The third-order valence-electron chi connectivity index (χ3n) is 5.48. The Balaban J connectivity index is 1.72. The van der Waals surface area contributed by atoms with Crippen molar-refractivity contribution in [1.82, 2.24) is 19.7 Å². The van der Waals surface area contributed by atoms with Crippen molar-refractivity contribution in [3.8, 4) is 17.1 Å². The Labute approximate surface area is 226 Å². The van der Waals surface area contributed by atoms with Crippen molar-refractivity contribution in [2.24, 2.45) is 5.10 Å². The molecule has 214 valence electrons. The van der Waals surface area contributed by atoms with E-state index in [1.54, 1.807) is 0 Å². The number of hydrogen-bond acceptors (Lipinski definition) is 8. The lowest BCUT2D eigenvalue weighted by Gasteiger charge is -2.23. The molecular weight excluding hydrogens is 574 g/mol.